The first-order valence-corrected chi connectivity index (χ1v) is 6.28. The van der Waals surface area contributed by atoms with Crippen molar-refractivity contribution in [1.82, 2.24) is 10.2 Å². The molecule has 0 rings (SSSR count). The normalized spacial score (nSPS) is 10.8. The van der Waals surface area contributed by atoms with Gasteiger partial charge in [-0.05, 0) is 46.4 Å². The van der Waals surface area contributed by atoms with Gasteiger partial charge in [-0.3, -0.25) is 4.79 Å². The van der Waals surface area contributed by atoms with Crippen LogP contribution in [0.1, 0.15) is 38.5 Å². The number of carbonyl (C=O) groups is 1. The first kappa shape index (κ1) is 15.4. The van der Waals surface area contributed by atoms with Crippen LogP contribution < -0.4 is 11.1 Å². The quantitative estimate of drug-likeness (QED) is 0.549. The van der Waals surface area contributed by atoms with E-state index in [1.165, 1.54) is 0 Å². The van der Waals surface area contributed by atoms with Crippen LogP contribution in [-0.4, -0.2) is 44.5 Å². The van der Waals surface area contributed by atoms with Crippen LogP contribution in [0.2, 0.25) is 0 Å². The summed E-state index contributed by atoms with van der Waals surface area (Å²) in [6.07, 6.45) is 6.00. The highest BCUT2D eigenvalue weighted by atomic mass is 16.1. The summed E-state index contributed by atoms with van der Waals surface area (Å²) >= 11 is 0. The van der Waals surface area contributed by atoms with Gasteiger partial charge in [0, 0.05) is 13.0 Å². The molecule has 16 heavy (non-hydrogen) atoms. The molecule has 0 aliphatic carbocycles. The second-order valence-electron chi connectivity index (χ2n) is 4.46. The number of rotatable bonds is 10. The fourth-order valence-electron chi connectivity index (χ4n) is 1.49. The Hall–Kier alpha value is -0.610. The van der Waals surface area contributed by atoms with E-state index in [-0.39, 0.29) is 5.91 Å². The second kappa shape index (κ2) is 10.9. The summed E-state index contributed by atoms with van der Waals surface area (Å²) in [5.41, 5.74) is 5.39. The highest BCUT2D eigenvalue weighted by Crippen LogP contribution is 2.01. The number of nitrogens with two attached hydrogens (primary N) is 1. The monoisotopic (exact) mass is 229 g/mol. The second-order valence-corrected chi connectivity index (χ2v) is 4.46. The summed E-state index contributed by atoms with van der Waals surface area (Å²) in [5.74, 6) is 0.187. The van der Waals surface area contributed by atoms with Gasteiger partial charge in [-0.25, -0.2) is 0 Å². The molecule has 0 radical (unpaired) electrons. The van der Waals surface area contributed by atoms with E-state index in [1.807, 2.05) is 14.1 Å². The molecule has 3 N–H and O–H groups in total. The predicted molar refractivity (Wildman–Crippen MR) is 68.3 cm³/mol. The number of nitrogens with one attached hydrogen (secondary N) is 1. The molecule has 0 unspecified atom stereocenters. The van der Waals surface area contributed by atoms with Crippen LogP contribution in [0.25, 0.3) is 0 Å². The molecule has 0 saturated heterocycles. The molecule has 0 aromatic heterocycles. The minimum absolute atomic E-state index is 0.187. The molecule has 0 aliphatic rings. The van der Waals surface area contributed by atoms with Crippen LogP contribution in [0.5, 0.6) is 0 Å². The maximum atomic E-state index is 11.4. The van der Waals surface area contributed by atoms with Gasteiger partial charge in [-0.2, -0.15) is 0 Å². The largest absolute Gasteiger partial charge is 0.356 e. The summed E-state index contributed by atoms with van der Waals surface area (Å²) < 4.78 is 0. The molecular formula is C12H27N3O. The van der Waals surface area contributed by atoms with Crippen LogP contribution in [0.15, 0.2) is 0 Å². The molecule has 4 nitrogen and oxygen atoms in total. The Morgan fingerprint density at radius 2 is 1.81 bits per heavy atom. The Bertz CT molecular complexity index is 172. The van der Waals surface area contributed by atoms with Crippen molar-refractivity contribution in [2.75, 3.05) is 33.7 Å². The minimum atomic E-state index is 0.187. The highest BCUT2D eigenvalue weighted by Gasteiger charge is 2.00. The summed E-state index contributed by atoms with van der Waals surface area (Å²) in [5, 5.41) is 2.94. The molecular weight excluding hydrogens is 202 g/mol. The van der Waals surface area contributed by atoms with E-state index >= 15 is 0 Å². The molecule has 0 atom stereocenters. The molecule has 0 saturated carbocycles. The lowest BCUT2D eigenvalue weighted by Gasteiger charge is -2.09. The fraction of sp³-hybridized carbons (Fsp3) is 0.917. The number of hydrogen-bond donors (Lipinski definition) is 2. The molecule has 0 aromatic rings. The predicted octanol–water partition coefficient (Wildman–Crippen LogP) is 0.964. The Kier molecular flexibility index (Phi) is 10.5. The number of hydrogen-bond acceptors (Lipinski definition) is 3. The van der Waals surface area contributed by atoms with Crippen molar-refractivity contribution < 1.29 is 4.79 Å². The molecule has 0 fully saturated rings. The third-order valence-electron chi connectivity index (χ3n) is 2.46. The Labute approximate surface area is 99.6 Å². The smallest absolute Gasteiger partial charge is 0.219 e. The summed E-state index contributed by atoms with van der Waals surface area (Å²) in [7, 11) is 4.08. The van der Waals surface area contributed by atoms with Crippen molar-refractivity contribution in [3.63, 3.8) is 0 Å². The Morgan fingerprint density at radius 3 is 2.44 bits per heavy atom. The molecule has 0 bridgehead atoms. The van der Waals surface area contributed by atoms with E-state index in [1.54, 1.807) is 0 Å². The molecule has 1 amide bonds. The van der Waals surface area contributed by atoms with Crippen LogP contribution >= 0.6 is 0 Å². The molecule has 0 aromatic carbocycles. The van der Waals surface area contributed by atoms with Gasteiger partial charge in [0.25, 0.3) is 0 Å². The lowest BCUT2D eigenvalue weighted by atomic mass is 10.1. The maximum Gasteiger partial charge on any atom is 0.219 e. The van der Waals surface area contributed by atoms with Crippen LogP contribution in [-0.2, 0) is 4.79 Å². The van der Waals surface area contributed by atoms with E-state index in [0.717, 1.165) is 51.7 Å². The van der Waals surface area contributed by atoms with E-state index in [0.29, 0.717) is 6.42 Å². The van der Waals surface area contributed by atoms with E-state index in [2.05, 4.69) is 10.2 Å². The van der Waals surface area contributed by atoms with Gasteiger partial charge in [0.1, 0.15) is 0 Å². The third kappa shape index (κ3) is 11.5. The molecule has 96 valence electrons. The first-order chi connectivity index (χ1) is 7.66. The summed E-state index contributed by atoms with van der Waals surface area (Å²) in [4.78, 5) is 13.5. The van der Waals surface area contributed by atoms with Gasteiger partial charge in [0.15, 0.2) is 0 Å². The number of unbranched alkanes of at least 4 members (excludes halogenated alkanes) is 3. The zero-order chi connectivity index (χ0) is 12.2. The minimum Gasteiger partial charge on any atom is -0.356 e. The van der Waals surface area contributed by atoms with Crippen molar-refractivity contribution in [2.24, 2.45) is 5.73 Å². The van der Waals surface area contributed by atoms with Gasteiger partial charge >= 0.3 is 0 Å². The Morgan fingerprint density at radius 1 is 1.12 bits per heavy atom. The van der Waals surface area contributed by atoms with Crippen molar-refractivity contribution >= 4 is 5.91 Å². The number of carbonyl (C=O) groups excluding carboxylic acids is 1. The van der Waals surface area contributed by atoms with Gasteiger partial charge in [-0.15, -0.1) is 0 Å². The van der Waals surface area contributed by atoms with Crippen LogP contribution in [0, 0.1) is 0 Å². The maximum absolute atomic E-state index is 11.4. The highest BCUT2D eigenvalue weighted by molar-refractivity contribution is 5.75. The molecule has 0 aliphatic heterocycles. The zero-order valence-electron chi connectivity index (χ0n) is 10.8. The number of amides is 1. The summed E-state index contributed by atoms with van der Waals surface area (Å²) in [6.45, 7) is 2.58. The van der Waals surface area contributed by atoms with Crippen molar-refractivity contribution in [2.45, 2.75) is 38.5 Å². The average Bonchev–Trinajstić information content (AvgIpc) is 2.24. The Balaban J connectivity index is 3.18. The van der Waals surface area contributed by atoms with Crippen molar-refractivity contribution in [3.8, 4) is 0 Å². The van der Waals surface area contributed by atoms with E-state index < -0.39 is 0 Å². The zero-order valence-corrected chi connectivity index (χ0v) is 10.8. The molecule has 0 heterocycles. The van der Waals surface area contributed by atoms with Gasteiger partial charge < -0.3 is 16.0 Å². The van der Waals surface area contributed by atoms with Gasteiger partial charge in [0.05, 0.1) is 0 Å². The first-order valence-electron chi connectivity index (χ1n) is 6.28. The van der Waals surface area contributed by atoms with Crippen molar-refractivity contribution in [1.29, 1.82) is 0 Å². The van der Waals surface area contributed by atoms with Crippen molar-refractivity contribution in [3.05, 3.63) is 0 Å². The standard InChI is InChI=1S/C12H27N3O/c1-15(2)11-7-10-14-12(16)8-5-3-4-6-9-13/h3-11,13H2,1-2H3,(H,14,16). The SMILES string of the molecule is CN(C)CCCNC(=O)CCCCCCN. The van der Waals surface area contributed by atoms with Crippen LogP contribution in [0.4, 0.5) is 0 Å². The molecule has 0 spiro atoms. The lowest BCUT2D eigenvalue weighted by molar-refractivity contribution is -0.121. The topological polar surface area (TPSA) is 58.4 Å². The average molecular weight is 229 g/mol. The van der Waals surface area contributed by atoms with Crippen LogP contribution in [0.3, 0.4) is 0 Å². The summed E-state index contributed by atoms with van der Waals surface area (Å²) in [6, 6.07) is 0. The fourth-order valence-corrected chi connectivity index (χ4v) is 1.49. The van der Waals surface area contributed by atoms with E-state index in [9.17, 15) is 4.79 Å². The number of nitrogens with zero attached hydrogens (tertiary/aromatic N) is 1. The van der Waals surface area contributed by atoms with Gasteiger partial charge in [0.2, 0.25) is 5.91 Å². The van der Waals surface area contributed by atoms with E-state index in [4.69, 9.17) is 5.73 Å². The van der Waals surface area contributed by atoms with Gasteiger partial charge in [-0.1, -0.05) is 12.8 Å². The third-order valence-corrected chi connectivity index (χ3v) is 2.46. The lowest BCUT2D eigenvalue weighted by Crippen LogP contribution is -2.26. The molecule has 4 heteroatoms.